The van der Waals surface area contributed by atoms with E-state index in [1.54, 1.807) is 4.90 Å². The Bertz CT molecular complexity index is 1010. The highest BCUT2D eigenvalue weighted by Gasteiger charge is 2.15. The summed E-state index contributed by atoms with van der Waals surface area (Å²) >= 11 is 0. The van der Waals surface area contributed by atoms with Crippen molar-refractivity contribution < 1.29 is 4.79 Å². The Kier molecular flexibility index (Phi) is 5.75. The molecule has 1 heterocycles. The van der Waals surface area contributed by atoms with Crippen LogP contribution in [0, 0.1) is 13.8 Å². The van der Waals surface area contributed by atoms with Gasteiger partial charge in [0.15, 0.2) is 0 Å². The number of carbonyl (C=O) groups is 1. The molecule has 0 aliphatic heterocycles. The van der Waals surface area contributed by atoms with E-state index in [2.05, 4.69) is 30.1 Å². The molecule has 0 unspecified atom stereocenters. The van der Waals surface area contributed by atoms with Crippen LogP contribution in [0.25, 0.3) is 10.9 Å². The first-order chi connectivity index (χ1) is 13.0. The third kappa shape index (κ3) is 4.45. The normalized spacial score (nSPS) is 10.9. The Morgan fingerprint density at radius 3 is 2.44 bits per heavy atom. The van der Waals surface area contributed by atoms with Crippen LogP contribution in [-0.2, 0) is 17.8 Å². The van der Waals surface area contributed by atoms with E-state index in [4.69, 9.17) is 0 Å². The van der Waals surface area contributed by atoms with Crippen LogP contribution in [0.5, 0.6) is 0 Å². The summed E-state index contributed by atoms with van der Waals surface area (Å²) in [4.78, 5) is 29.7. The Morgan fingerprint density at radius 2 is 1.74 bits per heavy atom. The minimum absolute atomic E-state index is 0.0607. The summed E-state index contributed by atoms with van der Waals surface area (Å²) in [5, 5.41) is 1.000. The lowest BCUT2D eigenvalue weighted by Gasteiger charge is -2.22. The van der Waals surface area contributed by atoms with Gasteiger partial charge in [-0.15, -0.1) is 0 Å². The van der Waals surface area contributed by atoms with Gasteiger partial charge in [-0.1, -0.05) is 37.3 Å². The summed E-state index contributed by atoms with van der Waals surface area (Å²) in [5.74, 6) is 0.0607. The number of aromatic nitrogens is 1. The molecule has 140 valence electrons. The zero-order valence-corrected chi connectivity index (χ0v) is 16.2. The number of pyridine rings is 1. The average Bonchev–Trinajstić information content (AvgIpc) is 2.67. The van der Waals surface area contributed by atoms with Crippen molar-refractivity contribution in [1.82, 2.24) is 9.88 Å². The summed E-state index contributed by atoms with van der Waals surface area (Å²) in [7, 11) is 0. The second-order valence-electron chi connectivity index (χ2n) is 7.05. The second kappa shape index (κ2) is 8.21. The number of fused-ring (bicyclic) bond motifs is 1. The van der Waals surface area contributed by atoms with Crippen LogP contribution in [-0.4, -0.2) is 22.3 Å². The lowest BCUT2D eigenvalue weighted by Crippen LogP contribution is -2.34. The van der Waals surface area contributed by atoms with Crippen molar-refractivity contribution in [2.75, 3.05) is 6.54 Å². The van der Waals surface area contributed by atoms with Crippen LogP contribution in [0.4, 0.5) is 0 Å². The Hall–Kier alpha value is -2.88. The van der Waals surface area contributed by atoms with Gasteiger partial charge < -0.3 is 9.88 Å². The lowest BCUT2D eigenvalue weighted by atomic mass is 10.0. The van der Waals surface area contributed by atoms with Crippen molar-refractivity contribution in [3.63, 3.8) is 0 Å². The summed E-state index contributed by atoms with van der Waals surface area (Å²) in [6, 6.07) is 16.1. The predicted octanol–water partition coefficient (Wildman–Crippen LogP) is 4.13. The Labute approximate surface area is 159 Å². The number of nitrogens with zero attached hydrogens (tertiary/aromatic N) is 1. The molecule has 27 heavy (non-hydrogen) atoms. The number of aryl methyl sites for hydroxylation is 2. The molecule has 3 aromatic rings. The van der Waals surface area contributed by atoms with Crippen LogP contribution >= 0.6 is 0 Å². The molecule has 0 bridgehead atoms. The van der Waals surface area contributed by atoms with Gasteiger partial charge in [-0.2, -0.15) is 0 Å². The molecule has 0 spiro atoms. The number of rotatable bonds is 6. The molecule has 4 heteroatoms. The van der Waals surface area contributed by atoms with E-state index in [0.29, 0.717) is 25.1 Å². The fraction of sp³-hybridized carbons (Fsp3) is 0.304. The van der Waals surface area contributed by atoms with E-state index in [0.717, 1.165) is 22.9 Å². The SMILES string of the molecule is CCC(=O)N(CCc1ccccc1)Cc1cc2cc(C)c(C)cc2[nH]c1=O. The van der Waals surface area contributed by atoms with Crippen LogP contribution in [0.3, 0.4) is 0 Å². The molecule has 2 aromatic carbocycles. The smallest absolute Gasteiger partial charge is 0.253 e. The van der Waals surface area contributed by atoms with Crippen LogP contribution in [0.1, 0.15) is 35.6 Å². The number of benzene rings is 2. The largest absolute Gasteiger partial charge is 0.338 e. The maximum Gasteiger partial charge on any atom is 0.253 e. The van der Waals surface area contributed by atoms with Gasteiger partial charge in [-0.3, -0.25) is 9.59 Å². The molecule has 3 rings (SSSR count). The molecular weight excluding hydrogens is 336 g/mol. The number of amides is 1. The lowest BCUT2D eigenvalue weighted by molar-refractivity contribution is -0.131. The standard InChI is InChI=1S/C23H26N2O2/c1-4-22(26)25(11-10-18-8-6-5-7-9-18)15-20-14-19-12-16(2)17(3)13-21(19)24-23(20)27/h5-9,12-14H,4,10-11,15H2,1-3H3,(H,24,27). The van der Waals surface area contributed by atoms with E-state index in [-0.39, 0.29) is 11.5 Å². The molecule has 1 amide bonds. The fourth-order valence-electron chi connectivity index (χ4n) is 3.27. The number of aromatic amines is 1. The number of nitrogens with one attached hydrogen (secondary N) is 1. The van der Waals surface area contributed by atoms with Crippen molar-refractivity contribution >= 4 is 16.8 Å². The molecule has 0 fully saturated rings. The first-order valence-electron chi connectivity index (χ1n) is 9.42. The molecule has 0 aliphatic carbocycles. The first kappa shape index (κ1) is 18.9. The molecule has 0 saturated carbocycles. The number of hydrogen-bond acceptors (Lipinski definition) is 2. The molecule has 4 nitrogen and oxygen atoms in total. The minimum Gasteiger partial charge on any atom is -0.338 e. The number of carbonyl (C=O) groups excluding carboxylic acids is 1. The van der Waals surface area contributed by atoms with E-state index >= 15 is 0 Å². The summed E-state index contributed by atoms with van der Waals surface area (Å²) in [6.07, 6.45) is 1.20. The van der Waals surface area contributed by atoms with Crippen LogP contribution < -0.4 is 5.56 Å². The van der Waals surface area contributed by atoms with Gasteiger partial charge in [0, 0.05) is 24.0 Å². The van der Waals surface area contributed by atoms with Crippen LogP contribution in [0.15, 0.2) is 53.3 Å². The zero-order chi connectivity index (χ0) is 19.4. The molecule has 0 aliphatic rings. The van der Waals surface area contributed by atoms with Gasteiger partial charge in [0.1, 0.15) is 0 Å². The van der Waals surface area contributed by atoms with E-state index < -0.39 is 0 Å². The summed E-state index contributed by atoms with van der Waals surface area (Å²) in [5.41, 5.74) is 4.86. The summed E-state index contributed by atoms with van der Waals surface area (Å²) in [6.45, 7) is 6.88. The van der Waals surface area contributed by atoms with Crippen molar-refractivity contribution in [2.45, 2.75) is 40.2 Å². The Morgan fingerprint density at radius 1 is 1.04 bits per heavy atom. The molecular formula is C23H26N2O2. The second-order valence-corrected chi connectivity index (χ2v) is 7.05. The average molecular weight is 362 g/mol. The van der Waals surface area contributed by atoms with Gasteiger partial charge in [-0.05, 0) is 60.5 Å². The van der Waals surface area contributed by atoms with E-state index in [9.17, 15) is 9.59 Å². The highest BCUT2D eigenvalue weighted by molar-refractivity contribution is 5.81. The first-order valence-corrected chi connectivity index (χ1v) is 9.42. The molecule has 0 saturated heterocycles. The number of H-pyrrole nitrogens is 1. The van der Waals surface area contributed by atoms with E-state index in [1.165, 1.54) is 11.1 Å². The third-order valence-electron chi connectivity index (χ3n) is 5.07. The van der Waals surface area contributed by atoms with Crippen molar-refractivity contribution in [3.05, 3.63) is 81.1 Å². The number of hydrogen-bond donors (Lipinski definition) is 1. The third-order valence-corrected chi connectivity index (χ3v) is 5.07. The maximum atomic E-state index is 12.6. The minimum atomic E-state index is -0.126. The topological polar surface area (TPSA) is 53.2 Å². The highest BCUT2D eigenvalue weighted by atomic mass is 16.2. The van der Waals surface area contributed by atoms with Crippen molar-refractivity contribution in [2.24, 2.45) is 0 Å². The molecule has 0 radical (unpaired) electrons. The molecule has 1 N–H and O–H groups in total. The maximum absolute atomic E-state index is 12.6. The van der Waals surface area contributed by atoms with Crippen molar-refractivity contribution in [3.8, 4) is 0 Å². The van der Waals surface area contributed by atoms with Crippen LogP contribution in [0.2, 0.25) is 0 Å². The van der Waals surface area contributed by atoms with Gasteiger partial charge >= 0.3 is 0 Å². The fourth-order valence-corrected chi connectivity index (χ4v) is 3.27. The predicted molar refractivity (Wildman–Crippen MR) is 110 cm³/mol. The summed E-state index contributed by atoms with van der Waals surface area (Å²) < 4.78 is 0. The highest BCUT2D eigenvalue weighted by Crippen LogP contribution is 2.18. The van der Waals surface area contributed by atoms with Gasteiger partial charge in [0.25, 0.3) is 5.56 Å². The monoisotopic (exact) mass is 362 g/mol. The van der Waals surface area contributed by atoms with Gasteiger partial charge in [0.2, 0.25) is 5.91 Å². The quantitative estimate of drug-likeness (QED) is 0.717. The molecule has 0 atom stereocenters. The molecule has 1 aromatic heterocycles. The van der Waals surface area contributed by atoms with Crippen molar-refractivity contribution in [1.29, 1.82) is 0 Å². The van der Waals surface area contributed by atoms with E-state index in [1.807, 2.05) is 44.2 Å². The zero-order valence-electron chi connectivity index (χ0n) is 16.2. The van der Waals surface area contributed by atoms with Gasteiger partial charge in [-0.25, -0.2) is 0 Å². The van der Waals surface area contributed by atoms with Gasteiger partial charge in [0.05, 0.1) is 6.54 Å². The Balaban J connectivity index is 1.86.